The van der Waals surface area contributed by atoms with Crippen LogP contribution < -0.4 is 10.9 Å². The third-order valence-electron chi connectivity index (χ3n) is 4.59. The third kappa shape index (κ3) is 4.98. The fourth-order valence-electron chi connectivity index (χ4n) is 3.22. The van der Waals surface area contributed by atoms with E-state index in [2.05, 4.69) is 15.4 Å². The summed E-state index contributed by atoms with van der Waals surface area (Å²) in [6.45, 7) is 0.440. The molecule has 1 amide bonds. The first kappa shape index (κ1) is 17.3. The van der Waals surface area contributed by atoms with E-state index in [1.165, 1.54) is 30.0 Å². The number of hydrogen-bond acceptors (Lipinski definition) is 4. The molecule has 1 fully saturated rings. The fraction of sp³-hybridized carbons (Fsp3) is 0.474. The molecule has 0 atom stereocenters. The van der Waals surface area contributed by atoms with Crippen LogP contribution in [0.4, 0.5) is 0 Å². The molecule has 1 N–H and O–H groups in total. The quantitative estimate of drug-likeness (QED) is 0.877. The normalized spacial score (nSPS) is 15.0. The molecule has 2 aromatic rings. The lowest BCUT2D eigenvalue weighted by Gasteiger charge is -2.22. The van der Waals surface area contributed by atoms with E-state index in [0.717, 1.165) is 24.1 Å². The molecule has 1 aliphatic rings. The van der Waals surface area contributed by atoms with Crippen molar-refractivity contribution in [3.05, 3.63) is 47.0 Å². The van der Waals surface area contributed by atoms with E-state index in [0.29, 0.717) is 25.4 Å². The molecule has 0 radical (unpaired) electrons. The van der Waals surface area contributed by atoms with Gasteiger partial charge in [-0.2, -0.15) is 5.10 Å². The van der Waals surface area contributed by atoms with Crippen molar-refractivity contribution in [3.8, 4) is 11.3 Å². The van der Waals surface area contributed by atoms with Crippen molar-refractivity contribution in [2.24, 2.45) is 0 Å². The van der Waals surface area contributed by atoms with E-state index in [1.54, 1.807) is 18.5 Å². The summed E-state index contributed by atoms with van der Waals surface area (Å²) in [7, 11) is 0. The monoisotopic (exact) mass is 340 g/mol. The second-order valence-electron chi connectivity index (χ2n) is 6.52. The Balaban J connectivity index is 1.54. The molecule has 25 heavy (non-hydrogen) atoms. The summed E-state index contributed by atoms with van der Waals surface area (Å²) in [6.07, 6.45) is 10.3. The standard InChI is InChI=1S/C19H24N4O2/c24-18(21-16-5-2-1-3-6-16)7-4-14-23-19(25)9-8-17(22-23)15-10-12-20-13-11-15/h8-13,16H,1-7,14H2,(H,21,24). The van der Waals surface area contributed by atoms with Gasteiger partial charge in [-0.1, -0.05) is 19.3 Å². The number of carbonyl (C=O) groups excluding carboxylic acids is 1. The third-order valence-corrected chi connectivity index (χ3v) is 4.59. The van der Waals surface area contributed by atoms with E-state index < -0.39 is 0 Å². The van der Waals surface area contributed by atoms with Gasteiger partial charge >= 0.3 is 0 Å². The van der Waals surface area contributed by atoms with Gasteiger partial charge in [0.2, 0.25) is 5.91 Å². The lowest BCUT2D eigenvalue weighted by atomic mass is 9.95. The average molecular weight is 340 g/mol. The van der Waals surface area contributed by atoms with Crippen LogP contribution in [0.25, 0.3) is 11.3 Å². The van der Waals surface area contributed by atoms with Gasteiger partial charge in [0.25, 0.3) is 5.56 Å². The number of rotatable bonds is 6. The molecule has 1 saturated carbocycles. The average Bonchev–Trinajstić information content (AvgIpc) is 2.65. The maximum absolute atomic E-state index is 12.0. The maximum atomic E-state index is 12.0. The van der Waals surface area contributed by atoms with Crippen LogP contribution in [0.3, 0.4) is 0 Å². The van der Waals surface area contributed by atoms with Crippen molar-refractivity contribution in [1.29, 1.82) is 0 Å². The van der Waals surface area contributed by atoms with Gasteiger partial charge in [0.15, 0.2) is 0 Å². The van der Waals surface area contributed by atoms with Gasteiger partial charge in [0.1, 0.15) is 0 Å². The summed E-state index contributed by atoms with van der Waals surface area (Å²) in [5.74, 6) is 0.0743. The molecular weight excluding hydrogens is 316 g/mol. The Morgan fingerprint density at radius 3 is 2.64 bits per heavy atom. The van der Waals surface area contributed by atoms with Gasteiger partial charge in [-0.25, -0.2) is 4.68 Å². The number of pyridine rings is 1. The van der Waals surface area contributed by atoms with Crippen LogP contribution in [0.5, 0.6) is 0 Å². The molecular formula is C19H24N4O2. The summed E-state index contributed by atoms with van der Waals surface area (Å²) >= 11 is 0. The Kier molecular flexibility index (Phi) is 5.93. The van der Waals surface area contributed by atoms with E-state index in [9.17, 15) is 9.59 Å². The lowest BCUT2D eigenvalue weighted by molar-refractivity contribution is -0.122. The first-order valence-corrected chi connectivity index (χ1v) is 9.00. The molecule has 2 aromatic heterocycles. The van der Waals surface area contributed by atoms with Crippen LogP contribution in [0.15, 0.2) is 41.5 Å². The fourth-order valence-corrected chi connectivity index (χ4v) is 3.22. The zero-order valence-electron chi connectivity index (χ0n) is 14.4. The van der Waals surface area contributed by atoms with E-state index >= 15 is 0 Å². The van der Waals surface area contributed by atoms with Gasteiger partial charge in [-0.3, -0.25) is 14.6 Å². The Labute approximate surface area is 147 Å². The zero-order chi connectivity index (χ0) is 17.5. The first-order valence-electron chi connectivity index (χ1n) is 9.00. The molecule has 0 saturated heterocycles. The van der Waals surface area contributed by atoms with Crippen molar-refractivity contribution < 1.29 is 4.79 Å². The molecule has 132 valence electrons. The molecule has 1 aliphatic carbocycles. The summed E-state index contributed by atoms with van der Waals surface area (Å²) in [5.41, 5.74) is 1.50. The van der Waals surface area contributed by atoms with Gasteiger partial charge in [-0.15, -0.1) is 0 Å². The number of nitrogens with zero attached hydrogens (tertiary/aromatic N) is 3. The molecule has 0 spiro atoms. The summed E-state index contributed by atoms with van der Waals surface area (Å²) in [5, 5.41) is 7.50. The Bertz CT molecular complexity index is 752. The molecule has 6 heteroatoms. The molecule has 2 heterocycles. The van der Waals surface area contributed by atoms with E-state index in [4.69, 9.17) is 0 Å². The zero-order valence-corrected chi connectivity index (χ0v) is 14.4. The topological polar surface area (TPSA) is 76.9 Å². The lowest BCUT2D eigenvalue weighted by Crippen LogP contribution is -2.36. The largest absolute Gasteiger partial charge is 0.353 e. The second-order valence-corrected chi connectivity index (χ2v) is 6.52. The minimum Gasteiger partial charge on any atom is -0.353 e. The minimum absolute atomic E-state index is 0.0743. The van der Waals surface area contributed by atoms with Crippen molar-refractivity contribution in [1.82, 2.24) is 20.1 Å². The molecule has 0 aliphatic heterocycles. The maximum Gasteiger partial charge on any atom is 0.266 e. The van der Waals surface area contributed by atoms with E-state index in [1.807, 2.05) is 12.1 Å². The summed E-state index contributed by atoms with van der Waals surface area (Å²) in [4.78, 5) is 28.0. The van der Waals surface area contributed by atoms with Crippen LogP contribution in [0.1, 0.15) is 44.9 Å². The van der Waals surface area contributed by atoms with Crippen LogP contribution in [-0.4, -0.2) is 26.7 Å². The molecule has 3 rings (SSSR count). The summed E-state index contributed by atoms with van der Waals surface area (Å²) in [6, 6.07) is 7.27. The minimum atomic E-state index is -0.148. The van der Waals surface area contributed by atoms with Gasteiger partial charge in [0.05, 0.1) is 5.69 Å². The SMILES string of the molecule is O=C(CCCn1nc(-c2ccncc2)ccc1=O)NC1CCCCC1. The van der Waals surface area contributed by atoms with Crippen LogP contribution in [0, 0.1) is 0 Å². The van der Waals surface area contributed by atoms with Crippen molar-refractivity contribution in [3.63, 3.8) is 0 Å². The Morgan fingerprint density at radius 2 is 1.88 bits per heavy atom. The molecule has 6 nitrogen and oxygen atoms in total. The molecule has 0 unspecified atom stereocenters. The van der Waals surface area contributed by atoms with Crippen molar-refractivity contribution >= 4 is 5.91 Å². The van der Waals surface area contributed by atoms with E-state index in [-0.39, 0.29) is 11.5 Å². The number of nitrogens with one attached hydrogen (secondary N) is 1. The second kappa shape index (κ2) is 8.55. The number of carbonyl (C=O) groups is 1. The predicted molar refractivity (Wildman–Crippen MR) is 96.0 cm³/mol. The first-order chi connectivity index (χ1) is 12.2. The van der Waals surface area contributed by atoms with Crippen LogP contribution in [0.2, 0.25) is 0 Å². The Morgan fingerprint density at radius 1 is 1.12 bits per heavy atom. The van der Waals surface area contributed by atoms with Crippen molar-refractivity contribution in [2.75, 3.05) is 0 Å². The van der Waals surface area contributed by atoms with Gasteiger partial charge in [-0.05, 0) is 37.5 Å². The predicted octanol–water partition coefficient (Wildman–Crippen LogP) is 2.53. The number of amides is 1. The number of aromatic nitrogens is 3. The van der Waals surface area contributed by atoms with Crippen LogP contribution >= 0.6 is 0 Å². The summed E-state index contributed by atoms with van der Waals surface area (Å²) < 4.78 is 1.43. The van der Waals surface area contributed by atoms with Gasteiger partial charge in [0, 0.05) is 43.0 Å². The highest BCUT2D eigenvalue weighted by molar-refractivity contribution is 5.76. The smallest absolute Gasteiger partial charge is 0.266 e. The Hall–Kier alpha value is -2.50. The highest BCUT2D eigenvalue weighted by Crippen LogP contribution is 2.17. The molecule has 0 bridgehead atoms. The molecule has 0 aromatic carbocycles. The van der Waals surface area contributed by atoms with Crippen LogP contribution in [-0.2, 0) is 11.3 Å². The van der Waals surface area contributed by atoms with Crippen molar-refractivity contribution in [2.45, 2.75) is 57.5 Å². The number of aryl methyl sites for hydroxylation is 1. The highest BCUT2D eigenvalue weighted by atomic mass is 16.1. The number of hydrogen-bond donors (Lipinski definition) is 1. The highest BCUT2D eigenvalue weighted by Gasteiger charge is 2.15. The van der Waals surface area contributed by atoms with Gasteiger partial charge < -0.3 is 5.32 Å².